The van der Waals surface area contributed by atoms with Crippen molar-refractivity contribution in [3.63, 3.8) is 0 Å². The number of rotatable bonds is 9. The van der Waals surface area contributed by atoms with E-state index in [1.165, 1.54) is 4.90 Å². The van der Waals surface area contributed by atoms with Crippen LogP contribution in [0.3, 0.4) is 0 Å². The van der Waals surface area contributed by atoms with Crippen molar-refractivity contribution < 1.29 is 55.2 Å². The van der Waals surface area contributed by atoms with Crippen LogP contribution in [0.5, 0.6) is 0 Å². The predicted octanol–water partition coefficient (Wildman–Crippen LogP) is -1.28. The zero-order valence-electron chi connectivity index (χ0n) is 17.9. The van der Waals surface area contributed by atoms with Gasteiger partial charge in [0.05, 0.1) is 12.6 Å². The molecule has 0 aliphatic carbocycles. The molecule has 0 bridgehead atoms. The van der Waals surface area contributed by atoms with Crippen LogP contribution in [0.1, 0.15) is 40.1 Å². The molecular formula is C20H29N2NaO5. The van der Waals surface area contributed by atoms with Gasteiger partial charge in [-0.1, -0.05) is 30.3 Å². The first-order chi connectivity index (χ1) is 12.9. The Hall–Kier alpha value is -1.41. The number of nitrogens with one attached hydrogen (secondary N) is 1. The second kappa shape index (κ2) is 12.2. The topological polar surface area (TPSA) is 95.9 Å². The van der Waals surface area contributed by atoms with E-state index in [0.717, 1.165) is 5.56 Å². The quantitative estimate of drug-likeness (QED) is 0.396. The molecule has 2 rings (SSSR count). The van der Waals surface area contributed by atoms with Crippen molar-refractivity contribution in [3.05, 3.63) is 35.9 Å². The molecule has 1 aliphatic heterocycles. The Kier molecular flexibility index (Phi) is 10.7. The van der Waals surface area contributed by atoms with E-state index in [-0.39, 0.29) is 43.5 Å². The average Bonchev–Trinajstić information content (AvgIpc) is 3.15. The van der Waals surface area contributed by atoms with Crippen LogP contribution in [-0.4, -0.2) is 59.1 Å². The molecule has 28 heavy (non-hydrogen) atoms. The van der Waals surface area contributed by atoms with Gasteiger partial charge in [0, 0.05) is 6.54 Å². The normalized spacial score (nSPS) is 18.1. The molecule has 1 aliphatic rings. The SMILES string of the molecule is CCOC(=O)[C@H](CCc1ccccc1)N[C@@H](C)C(=O)N1CCC[C@H]1C(=O)O.[H-].[Na+]. The van der Waals surface area contributed by atoms with Crippen LogP contribution in [0.15, 0.2) is 30.3 Å². The molecule has 1 heterocycles. The third-order valence-electron chi connectivity index (χ3n) is 4.78. The van der Waals surface area contributed by atoms with Gasteiger partial charge in [-0.2, -0.15) is 0 Å². The largest absolute Gasteiger partial charge is 1.00 e. The van der Waals surface area contributed by atoms with Crippen molar-refractivity contribution in [3.8, 4) is 0 Å². The third kappa shape index (κ3) is 6.88. The number of likely N-dealkylation sites (tertiary alicyclic amines) is 1. The number of carbonyl (C=O) groups excluding carboxylic acids is 2. The molecule has 150 valence electrons. The summed E-state index contributed by atoms with van der Waals surface area (Å²) in [6, 6.07) is 7.69. The second-order valence-corrected chi connectivity index (χ2v) is 6.75. The number of benzene rings is 1. The van der Waals surface area contributed by atoms with Gasteiger partial charge in [-0.3, -0.25) is 14.9 Å². The maximum Gasteiger partial charge on any atom is 1.00 e. The summed E-state index contributed by atoms with van der Waals surface area (Å²) in [5.74, 6) is -1.68. The van der Waals surface area contributed by atoms with Crippen molar-refractivity contribution in [1.82, 2.24) is 10.2 Å². The van der Waals surface area contributed by atoms with E-state index in [4.69, 9.17) is 4.74 Å². The summed E-state index contributed by atoms with van der Waals surface area (Å²) in [4.78, 5) is 37.7. The number of carbonyl (C=O) groups is 3. The number of esters is 1. The van der Waals surface area contributed by atoms with E-state index < -0.39 is 30.1 Å². The van der Waals surface area contributed by atoms with E-state index in [1.807, 2.05) is 30.3 Å². The molecule has 0 saturated carbocycles. The Morgan fingerprint density at radius 2 is 2.00 bits per heavy atom. The molecule has 8 heteroatoms. The van der Waals surface area contributed by atoms with Gasteiger partial charge in [0.2, 0.25) is 5.91 Å². The van der Waals surface area contributed by atoms with Crippen molar-refractivity contribution >= 4 is 17.8 Å². The molecule has 0 spiro atoms. The maximum atomic E-state index is 12.7. The van der Waals surface area contributed by atoms with Gasteiger partial charge < -0.3 is 16.2 Å². The van der Waals surface area contributed by atoms with Crippen LogP contribution < -0.4 is 34.9 Å². The average molecular weight is 400 g/mol. The Morgan fingerprint density at radius 1 is 1.32 bits per heavy atom. The molecule has 3 atom stereocenters. The summed E-state index contributed by atoms with van der Waals surface area (Å²) in [6.07, 6.45) is 2.29. The van der Waals surface area contributed by atoms with Gasteiger partial charge in [-0.25, -0.2) is 4.79 Å². The predicted molar refractivity (Wildman–Crippen MR) is 101 cm³/mol. The molecule has 0 aromatic heterocycles. The summed E-state index contributed by atoms with van der Waals surface area (Å²) < 4.78 is 5.14. The molecule has 1 aromatic rings. The minimum absolute atomic E-state index is 0. The van der Waals surface area contributed by atoms with Crippen molar-refractivity contribution in [1.29, 1.82) is 0 Å². The number of hydrogen-bond acceptors (Lipinski definition) is 5. The fourth-order valence-electron chi connectivity index (χ4n) is 3.38. The number of amides is 1. The number of nitrogens with zero attached hydrogens (tertiary/aromatic N) is 1. The number of aliphatic carboxylic acids is 1. The molecule has 2 N–H and O–H groups in total. The van der Waals surface area contributed by atoms with Gasteiger partial charge in [0.25, 0.3) is 0 Å². The first-order valence-electron chi connectivity index (χ1n) is 9.44. The van der Waals surface area contributed by atoms with E-state index in [0.29, 0.717) is 32.2 Å². The first-order valence-corrected chi connectivity index (χ1v) is 9.44. The third-order valence-corrected chi connectivity index (χ3v) is 4.78. The van der Waals surface area contributed by atoms with Crippen LogP contribution in [0.4, 0.5) is 0 Å². The minimum Gasteiger partial charge on any atom is -1.00 e. The van der Waals surface area contributed by atoms with E-state index in [1.54, 1.807) is 13.8 Å². The number of carboxylic acids is 1. The van der Waals surface area contributed by atoms with E-state index in [9.17, 15) is 19.5 Å². The minimum atomic E-state index is -0.987. The Morgan fingerprint density at radius 3 is 2.61 bits per heavy atom. The fraction of sp³-hybridized carbons (Fsp3) is 0.550. The molecule has 1 saturated heterocycles. The summed E-state index contributed by atoms with van der Waals surface area (Å²) >= 11 is 0. The Labute approximate surface area is 189 Å². The molecule has 1 fully saturated rings. The standard InChI is InChI=1S/C20H28N2O5.Na.H/c1-3-27-20(26)16(12-11-15-8-5-4-6-9-15)21-14(2)18(23)22-13-7-10-17(22)19(24)25;;/h4-6,8-9,14,16-17,21H,3,7,10-13H2,1-2H3,(H,24,25);;/q;+1;-1/t14-,16-,17-;;/m0../s1. The Balaban J connectivity index is 0.00000392. The van der Waals surface area contributed by atoms with Gasteiger partial charge in [0.15, 0.2) is 0 Å². The molecular weight excluding hydrogens is 371 g/mol. The smallest absolute Gasteiger partial charge is 1.00 e. The Bertz CT molecular complexity index is 662. The fourth-order valence-corrected chi connectivity index (χ4v) is 3.38. The number of aryl methyl sites for hydroxylation is 1. The van der Waals surface area contributed by atoms with Gasteiger partial charge in [0.1, 0.15) is 12.1 Å². The molecule has 0 radical (unpaired) electrons. The summed E-state index contributed by atoms with van der Waals surface area (Å²) in [6.45, 7) is 4.09. The molecule has 1 amide bonds. The molecule has 1 aromatic carbocycles. The summed E-state index contributed by atoms with van der Waals surface area (Å²) in [5, 5.41) is 12.3. The number of ether oxygens (including phenoxy) is 1. The van der Waals surface area contributed by atoms with Crippen molar-refractivity contribution in [2.45, 2.75) is 57.7 Å². The zero-order valence-corrected chi connectivity index (χ0v) is 18.9. The monoisotopic (exact) mass is 400 g/mol. The zero-order chi connectivity index (χ0) is 19.8. The maximum absolute atomic E-state index is 12.7. The van der Waals surface area contributed by atoms with Crippen LogP contribution in [0.25, 0.3) is 0 Å². The van der Waals surface area contributed by atoms with Crippen molar-refractivity contribution in [2.24, 2.45) is 0 Å². The van der Waals surface area contributed by atoms with Crippen LogP contribution in [0.2, 0.25) is 0 Å². The van der Waals surface area contributed by atoms with Crippen LogP contribution in [-0.2, 0) is 25.5 Å². The van der Waals surface area contributed by atoms with Gasteiger partial charge in [-0.15, -0.1) is 0 Å². The number of carboxylic acid groups (broad SMARTS) is 1. The van der Waals surface area contributed by atoms with Crippen molar-refractivity contribution in [2.75, 3.05) is 13.2 Å². The summed E-state index contributed by atoms with van der Waals surface area (Å²) in [7, 11) is 0. The number of hydrogen-bond donors (Lipinski definition) is 2. The summed E-state index contributed by atoms with van der Waals surface area (Å²) in [5.41, 5.74) is 1.10. The second-order valence-electron chi connectivity index (χ2n) is 6.75. The van der Waals surface area contributed by atoms with Gasteiger partial charge >= 0.3 is 41.5 Å². The first kappa shape index (κ1) is 24.6. The van der Waals surface area contributed by atoms with Crippen LogP contribution in [0, 0.1) is 0 Å². The van der Waals surface area contributed by atoms with Crippen LogP contribution >= 0.6 is 0 Å². The molecule has 7 nitrogen and oxygen atoms in total. The van der Waals surface area contributed by atoms with Gasteiger partial charge in [-0.05, 0) is 45.1 Å². The van der Waals surface area contributed by atoms with E-state index >= 15 is 0 Å². The molecule has 0 unspecified atom stereocenters. The van der Waals surface area contributed by atoms with E-state index in [2.05, 4.69) is 5.32 Å².